The van der Waals surface area contributed by atoms with Gasteiger partial charge in [-0.05, 0) is 24.1 Å². The molecule has 5 heteroatoms. The van der Waals surface area contributed by atoms with Crippen LogP contribution in [0.4, 0.5) is 0 Å². The summed E-state index contributed by atoms with van der Waals surface area (Å²) >= 11 is 0. The number of nitriles is 1. The average molecular weight is 325 g/mol. The molecule has 0 spiro atoms. The van der Waals surface area contributed by atoms with Crippen LogP contribution in [0, 0.1) is 11.3 Å². The van der Waals surface area contributed by atoms with Crippen LogP contribution in [0.3, 0.4) is 0 Å². The van der Waals surface area contributed by atoms with Crippen LogP contribution >= 0.6 is 0 Å². The molecule has 24 heavy (non-hydrogen) atoms. The number of carbonyl (C=O) groups excluding carboxylic acids is 1. The van der Waals surface area contributed by atoms with Gasteiger partial charge in [0.2, 0.25) is 0 Å². The number of benzene rings is 1. The molecule has 1 aromatic rings. The number of hydrogen-bond donors (Lipinski definition) is 1. The molecular formula is C19H23N3O2. The zero-order valence-corrected chi connectivity index (χ0v) is 14.0. The highest BCUT2D eigenvalue weighted by Crippen LogP contribution is 2.12. The number of hydrogen-bond acceptors (Lipinski definition) is 4. The number of amides is 1. The Balaban J connectivity index is 2.61. The first kappa shape index (κ1) is 19.0. The normalized spacial score (nSPS) is 10.4. The number of carbonyl (C=O) groups is 1. The van der Waals surface area contributed by atoms with E-state index in [9.17, 15) is 10.1 Å². The molecule has 0 heterocycles. The Morgan fingerprint density at radius 3 is 2.67 bits per heavy atom. The molecule has 0 saturated carbocycles. The van der Waals surface area contributed by atoms with Gasteiger partial charge in [0.05, 0.1) is 7.11 Å². The van der Waals surface area contributed by atoms with Crippen LogP contribution in [0.1, 0.15) is 5.56 Å². The van der Waals surface area contributed by atoms with Gasteiger partial charge >= 0.3 is 0 Å². The second-order valence-corrected chi connectivity index (χ2v) is 5.01. The fraction of sp³-hybridized carbons (Fsp3) is 0.263. The minimum atomic E-state index is -0.341. The Morgan fingerprint density at radius 1 is 1.38 bits per heavy atom. The summed E-state index contributed by atoms with van der Waals surface area (Å²) in [6.07, 6.45) is 5.45. The molecular weight excluding hydrogens is 302 g/mol. The smallest absolute Gasteiger partial charge is 0.266 e. The lowest BCUT2D eigenvalue weighted by Gasteiger charge is -2.18. The number of ether oxygens (including phenoxy) is 1. The minimum absolute atomic E-state index is 0.0596. The van der Waals surface area contributed by atoms with Gasteiger partial charge in [0.25, 0.3) is 5.91 Å². The van der Waals surface area contributed by atoms with Crippen molar-refractivity contribution in [1.29, 1.82) is 5.26 Å². The quantitative estimate of drug-likeness (QED) is 0.310. The molecule has 1 N–H and O–H groups in total. The lowest BCUT2D eigenvalue weighted by atomic mass is 10.1. The summed E-state index contributed by atoms with van der Waals surface area (Å²) < 4.78 is 5.18. The number of nitrogens with zero attached hydrogens (tertiary/aromatic N) is 2. The zero-order valence-electron chi connectivity index (χ0n) is 14.0. The first-order valence-corrected chi connectivity index (χ1v) is 7.63. The molecule has 1 aromatic carbocycles. The maximum Gasteiger partial charge on any atom is 0.266 e. The first-order chi connectivity index (χ1) is 11.7. The summed E-state index contributed by atoms with van der Waals surface area (Å²) in [4.78, 5) is 13.8. The van der Waals surface area contributed by atoms with E-state index in [1.807, 2.05) is 30.3 Å². The van der Waals surface area contributed by atoms with Gasteiger partial charge in [0, 0.05) is 25.8 Å². The van der Waals surface area contributed by atoms with Gasteiger partial charge < -0.3 is 15.0 Å². The van der Waals surface area contributed by atoms with Crippen LogP contribution in [0.15, 0.2) is 61.3 Å². The lowest BCUT2D eigenvalue weighted by Crippen LogP contribution is -2.32. The Bertz CT molecular complexity index is 634. The van der Waals surface area contributed by atoms with Gasteiger partial charge in [-0.1, -0.05) is 24.3 Å². The number of methoxy groups -OCH3 is 1. The molecule has 0 aliphatic rings. The molecule has 0 aliphatic heterocycles. The highest BCUT2D eigenvalue weighted by Gasteiger charge is 2.15. The predicted octanol–water partition coefficient (Wildman–Crippen LogP) is 2.44. The average Bonchev–Trinajstić information content (AvgIpc) is 2.61. The lowest BCUT2D eigenvalue weighted by molar-refractivity contribution is -0.125. The van der Waals surface area contributed by atoms with E-state index in [0.717, 1.165) is 17.7 Å². The first-order valence-electron chi connectivity index (χ1n) is 7.63. The molecule has 0 fully saturated rings. The highest BCUT2D eigenvalue weighted by molar-refractivity contribution is 5.97. The van der Waals surface area contributed by atoms with Gasteiger partial charge in [0.1, 0.15) is 17.4 Å². The molecule has 1 rings (SSSR count). The summed E-state index contributed by atoms with van der Waals surface area (Å²) in [5, 5.41) is 12.2. The molecule has 5 nitrogen and oxygen atoms in total. The Kier molecular flexibility index (Phi) is 8.48. The summed E-state index contributed by atoms with van der Waals surface area (Å²) in [6.45, 7) is 8.58. The second-order valence-electron chi connectivity index (χ2n) is 5.01. The summed E-state index contributed by atoms with van der Waals surface area (Å²) in [5.41, 5.74) is 1.17. The van der Waals surface area contributed by atoms with Crippen molar-refractivity contribution in [3.63, 3.8) is 0 Å². The largest absolute Gasteiger partial charge is 0.497 e. The van der Waals surface area contributed by atoms with E-state index < -0.39 is 0 Å². The fourth-order valence-electron chi connectivity index (χ4n) is 2.08. The van der Waals surface area contributed by atoms with Crippen molar-refractivity contribution in [2.75, 3.05) is 26.7 Å². The van der Waals surface area contributed by atoms with Crippen molar-refractivity contribution < 1.29 is 9.53 Å². The summed E-state index contributed by atoms with van der Waals surface area (Å²) in [7, 11) is 1.63. The van der Waals surface area contributed by atoms with Gasteiger partial charge in [-0.15, -0.1) is 13.2 Å². The van der Waals surface area contributed by atoms with Gasteiger partial charge in [-0.2, -0.15) is 5.26 Å². The van der Waals surface area contributed by atoms with Gasteiger partial charge in [-0.25, -0.2) is 0 Å². The van der Waals surface area contributed by atoms with Crippen molar-refractivity contribution >= 4 is 5.91 Å². The van der Waals surface area contributed by atoms with Crippen molar-refractivity contribution in [3.8, 4) is 11.8 Å². The van der Waals surface area contributed by atoms with Crippen LogP contribution in [-0.2, 0) is 11.2 Å². The maximum atomic E-state index is 12.3. The van der Waals surface area contributed by atoms with E-state index in [4.69, 9.17) is 4.74 Å². The van der Waals surface area contributed by atoms with E-state index in [1.165, 1.54) is 11.1 Å². The molecule has 0 aromatic heterocycles. The fourth-order valence-corrected chi connectivity index (χ4v) is 2.08. The van der Waals surface area contributed by atoms with Crippen LogP contribution in [0.25, 0.3) is 0 Å². The Labute approximate surface area is 143 Å². The predicted molar refractivity (Wildman–Crippen MR) is 95.4 cm³/mol. The van der Waals surface area contributed by atoms with Crippen LogP contribution in [0.5, 0.6) is 5.75 Å². The van der Waals surface area contributed by atoms with Crippen LogP contribution in [0.2, 0.25) is 0 Å². The SMILES string of the molecule is C=CCN(CC=C)C(=O)/C(C#N)=C\NCCc1cccc(OC)c1. The molecule has 0 bridgehead atoms. The summed E-state index contributed by atoms with van der Waals surface area (Å²) in [5.74, 6) is 0.464. The molecule has 0 aliphatic carbocycles. The van der Waals surface area contributed by atoms with Crippen molar-refractivity contribution in [2.45, 2.75) is 6.42 Å². The molecule has 0 saturated heterocycles. The Hall–Kier alpha value is -3.00. The molecule has 0 unspecified atom stereocenters. The third-order valence-electron chi connectivity index (χ3n) is 3.28. The van der Waals surface area contributed by atoms with Crippen molar-refractivity contribution in [2.24, 2.45) is 0 Å². The number of nitrogens with one attached hydrogen (secondary N) is 1. The van der Waals surface area contributed by atoms with E-state index in [2.05, 4.69) is 18.5 Å². The maximum absolute atomic E-state index is 12.3. The molecule has 126 valence electrons. The third-order valence-corrected chi connectivity index (χ3v) is 3.28. The van der Waals surface area contributed by atoms with Gasteiger partial charge in [0.15, 0.2) is 0 Å². The Morgan fingerprint density at radius 2 is 2.08 bits per heavy atom. The highest BCUT2D eigenvalue weighted by atomic mass is 16.5. The van der Waals surface area contributed by atoms with E-state index in [1.54, 1.807) is 19.3 Å². The van der Waals surface area contributed by atoms with Gasteiger partial charge in [-0.3, -0.25) is 4.79 Å². The summed E-state index contributed by atoms with van der Waals surface area (Å²) in [6, 6.07) is 9.70. The minimum Gasteiger partial charge on any atom is -0.497 e. The number of rotatable bonds is 10. The van der Waals surface area contributed by atoms with Crippen molar-refractivity contribution in [1.82, 2.24) is 10.2 Å². The van der Waals surface area contributed by atoms with E-state index in [-0.39, 0.29) is 11.5 Å². The monoisotopic (exact) mass is 325 g/mol. The third kappa shape index (κ3) is 6.01. The van der Waals surface area contributed by atoms with E-state index in [0.29, 0.717) is 19.6 Å². The zero-order chi connectivity index (χ0) is 17.8. The second kappa shape index (κ2) is 10.7. The topological polar surface area (TPSA) is 65.4 Å². The molecule has 0 radical (unpaired) electrons. The molecule has 0 atom stereocenters. The van der Waals surface area contributed by atoms with Crippen LogP contribution < -0.4 is 10.1 Å². The van der Waals surface area contributed by atoms with Crippen molar-refractivity contribution in [3.05, 3.63) is 66.9 Å². The molecule has 1 amide bonds. The standard InChI is InChI=1S/C19H23N3O2/c1-4-11-22(12-5-2)19(23)17(14-20)15-21-10-9-16-7-6-8-18(13-16)24-3/h4-8,13,15,21H,1-2,9-12H2,3H3/b17-15-. The van der Waals surface area contributed by atoms with E-state index >= 15 is 0 Å². The van der Waals surface area contributed by atoms with Crippen LogP contribution in [-0.4, -0.2) is 37.6 Å².